The van der Waals surface area contributed by atoms with Gasteiger partial charge < -0.3 is 14.8 Å². The highest BCUT2D eigenvalue weighted by molar-refractivity contribution is 5.27. The van der Waals surface area contributed by atoms with Gasteiger partial charge in [-0.05, 0) is 50.9 Å². The summed E-state index contributed by atoms with van der Waals surface area (Å²) < 4.78 is 10.9. The third-order valence-electron chi connectivity index (χ3n) is 4.07. The summed E-state index contributed by atoms with van der Waals surface area (Å²) in [5.41, 5.74) is 1.37. The van der Waals surface area contributed by atoms with Crippen LogP contribution in [0.15, 0.2) is 24.3 Å². The lowest BCUT2D eigenvalue weighted by atomic mass is 9.92. The summed E-state index contributed by atoms with van der Waals surface area (Å²) in [6, 6.07) is 8.92. The van der Waals surface area contributed by atoms with Crippen LogP contribution in [0.3, 0.4) is 0 Å². The number of ether oxygens (including phenoxy) is 2. The molecule has 3 nitrogen and oxygen atoms in total. The first-order valence-corrected chi connectivity index (χ1v) is 7.14. The first-order chi connectivity index (χ1) is 9.22. The lowest BCUT2D eigenvalue weighted by molar-refractivity contribution is 0.117. The monoisotopic (exact) mass is 263 g/mol. The van der Waals surface area contributed by atoms with Crippen LogP contribution in [0.4, 0.5) is 0 Å². The van der Waals surface area contributed by atoms with Crippen LogP contribution in [0.25, 0.3) is 0 Å². The lowest BCUT2D eigenvalue weighted by Crippen LogP contribution is -2.34. The molecule has 3 heteroatoms. The van der Waals surface area contributed by atoms with Crippen LogP contribution in [-0.4, -0.2) is 32.9 Å². The minimum atomic E-state index is 0.418. The zero-order valence-electron chi connectivity index (χ0n) is 12.2. The molecular formula is C16H25NO2. The lowest BCUT2D eigenvalue weighted by Gasteiger charge is -2.22. The number of benzene rings is 1. The predicted molar refractivity (Wildman–Crippen MR) is 77.7 cm³/mol. The largest absolute Gasteiger partial charge is 0.497 e. The van der Waals surface area contributed by atoms with Gasteiger partial charge in [0.1, 0.15) is 5.75 Å². The number of methoxy groups -OCH3 is 1. The number of hydrogen-bond donors (Lipinski definition) is 1. The van der Waals surface area contributed by atoms with Gasteiger partial charge in [-0.1, -0.05) is 12.1 Å². The van der Waals surface area contributed by atoms with Gasteiger partial charge in [0, 0.05) is 12.0 Å². The Morgan fingerprint density at radius 2 is 2.11 bits per heavy atom. The smallest absolute Gasteiger partial charge is 0.118 e. The zero-order chi connectivity index (χ0) is 13.7. The minimum absolute atomic E-state index is 0.418. The van der Waals surface area contributed by atoms with E-state index in [1.54, 1.807) is 7.11 Å². The minimum Gasteiger partial charge on any atom is -0.497 e. The molecule has 3 unspecified atom stereocenters. The molecule has 1 fully saturated rings. The van der Waals surface area contributed by atoms with Gasteiger partial charge in [0.15, 0.2) is 0 Å². The highest BCUT2D eigenvalue weighted by Gasteiger charge is 2.28. The van der Waals surface area contributed by atoms with Gasteiger partial charge >= 0.3 is 0 Å². The molecule has 2 rings (SSSR count). The molecule has 1 aliphatic rings. The molecule has 1 aliphatic heterocycles. The van der Waals surface area contributed by atoms with E-state index >= 15 is 0 Å². The van der Waals surface area contributed by atoms with E-state index < -0.39 is 0 Å². The van der Waals surface area contributed by atoms with Crippen molar-refractivity contribution in [1.29, 1.82) is 0 Å². The summed E-state index contributed by atoms with van der Waals surface area (Å²) in [5.74, 6) is 1.57. The first-order valence-electron chi connectivity index (χ1n) is 7.14. The van der Waals surface area contributed by atoms with Crippen molar-refractivity contribution < 1.29 is 9.47 Å². The second-order valence-electron chi connectivity index (χ2n) is 5.42. The maximum atomic E-state index is 5.67. The fourth-order valence-electron chi connectivity index (χ4n) is 2.86. The highest BCUT2D eigenvalue weighted by atomic mass is 16.5. The molecule has 0 spiro atoms. The number of rotatable bonds is 6. The Morgan fingerprint density at radius 1 is 1.37 bits per heavy atom. The van der Waals surface area contributed by atoms with E-state index in [2.05, 4.69) is 31.4 Å². The van der Waals surface area contributed by atoms with Crippen molar-refractivity contribution in [2.75, 3.05) is 20.8 Å². The molecule has 0 radical (unpaired) electrons. The van der Waals surface area contributed by atoms with Crippen molar-refractivity contribution in [3.63, 3.8) is 0 Å². The third-order valence-corrected chi connectivity index (χ3v) is 4.07. The maximum absolute atomic E-state index is 5.67. The number of nitrogens with one attached hydrogen (secondary N) is 1. The third kappa shape index (κ3) is 3.95. The molecule has 1 aromatic rings. The standard InChI is InChI=1S/C16H25NO2/c1-12-10-14(11-19-12)16(17-2)9-6-13-4-7-15(18-3)8-5-13/h4-5,7-8,12,14,16-17H,6,9-11H2,1-3H3. The summed E-state index contributed by atoms with van der Waals surface area (Å²) in [7, 11) is 3.76. The molecule has 0 aliphatic carbocycles. The highest BCUT2D eigenvalue weighted by Crippen LogP contribution is 2.25. The van der Waals surface area contributed by atoms with Crippen molar-refractivity contribution in [2.24, 2.45) is 5.92 Å². The van der Waals surface area contributed by atoms with Gasteiger partial charge in [-0.25, -0.2) is 0 Å². The summed E-state index contributed by atoms with van der Waals surface area (Å²) in [6.07, 6.45) is 3.85. The molecule has 0 bridgehead atoms. The van der Waals surface area contributed by atoms with Gasteiger partial charge in [-0.2, -0.15) is 0 Å². The van der Waals surface area contributed by atoms with E-state index in [4.69, 9.17) is 9.47 Å². The zero-order valence-corrected chi connectivity index (χ0v) is 12.2. The second kappa shape index (κ2) is 6.92. The van der Waals surface area contributed by atoms with E-state index in [0.29, 0.717) is 18.1 Å². The predicted octanol–water partition coefficient (Wildman–Crippen LogP) is 2.64. The van der Waals surface area contributed by atoms with E-state index in [1.807, 2.05) is 12.1 Å². The Hall–Kier alpha value is -1.06. The van der Waals surface area contributed by atoms with Gasteiger partial charge in [0.05, 0.1) is 19.8 Å². The summed E-state index contributed by atoms with van der Waals surface area (Å²) >= 11 is 0. The first kappa shape index (κ1) is 14.4. The molecule has 3 atom stereocenters. The SMILES string of the molecule is CNC(CCc1ccc(OC)cc1)C1COC(C)C1. The fraction of sp³-hybridized carbons (Fsp3) is 0.625. The Balaban J connectivity index is 1.85. The van der Waals surface area contributed by atoms with Crippen LogP contribution in [-0.2, 0) is 11.2 Å². The average molecular weight is 263 g/mol. The van der Waals surface area contributed by atoms with Crippen LogP contribution in [0, 0.1) is 5.92 Å². The van der Waals surface area contributed by atoms with Crippen molar-refractivity contribution in [1.82, 2.24) is 5.32 Å². The Morgan fingerprint density at radius 3 is 2.63 bits per heavy atom. The topological polar surface area (TPSA) is 30.5 Å². The van der Waals surface area contributed by atoms with Gasteiger partial charge in [0.25, 0.3) is 0 Å². The molecule has 1 heterocycles. The molecule has 19 heavy (non-hydrogen) atoms. The molecular weight excluding hydrogens is 238 g/mol. The van der Waals surface area contributed by atoms with Crippen molar-refractivity contribution in [3.05, 3.63) is 29.8 Å². The van der Waals surface area contributed by atoms with Crippen molar-refractivity contribution in [2.45, 2.75) is 38.3 Å². The molecule has 0 amide bonds. The normalized spacial score (nSPS) is 24.4. The summed E-state index contributed by atoms with van der Waals surface area (Å²) in [4.78, 5) is 0. The van der Waals surface area contributed by atoms with Crippen LogP contribution < -0.4 is 10.1 Å². The summed E-state index contributed by atoms with van der Waals surface area (Å²) in [5, 5.41) is 3.45. The fourth-order valence-corrected chi connectivity index (χ4v) is 2.86. The molecule has 1 saturated heterocycles. The van der Waals surface area contributed by atoms with Crippen LogP contribution in [0.2, 0.25) is 0 Å². The molecule has 0 aromatic heterocycles. The molecule has 106 valence electrons. The van der Waals surface area contributed by atoms with Crippen LogP contribution in [0.1, 0.15) is 25.3 Å². The number of hydrogen-bond acceptors (Lipinski definition) is 3. The van der Waals surface area contributed by atoms with E-state index in [0.717, 1.165) is 25.2 Å². The average Bonchev–Trinajstić information content (AvgIpc) is 2.87. The molecule has 1 aromatic carbocycles. The second-order valence-corrected chi connectivity index (χ2v) is 5.42. The Kier molecular flexibility index (Phi) is 5.23. The van der Waals surface area contributed by atoms with Gasteiger partial charge in [-0.15, -0.1) is 0 Å². The molecule has 0 saturated carbocycles. The quantitative estimate of drug-likeness (QED) is 0.856. The van der Waals surface area contributed by atoms with Crippen LogP contribution in [0.5, 0.6) is 5.75 Å². The molecule has 1 N–H and O–H groups in total. The van der Waals surface area contributed by atoms with Crippen molar-refractivity contribution in [3.8, 4) is 5.75 Å². The van der Waals surface area contributed by atoms with E-state index in [1.165, 1.54) is 12.0 Å². The maximum Gasteiger partial charge on any atom is 0.118 e. The van der Waals surface area contributed by atoms with E-state index in [9.17, 15) is 0 Å². The Bertz CT molecular complexity index is 377. The van der Waals surface area contributed by atoms with Crippen molar-refractivity contribution >= 4 is 0 Å². The summed E-state index contributed by atoms with van der Waals surface area (Å²) in [6.45, 7) is 3.06. The van der Waals surface area contributed by atoms with E-state index in [-0.39, 0.29) is 0 Å². The van der Waals surface area contributed by atoms with Crippen LogP contribution >= 0.6 is 0 Å². The van der Waals surface area contributed by atoms with Gasteiger partial charge in [-0.3, -0.25) is 0 Å². The Labute approximate surface area is 116 Å². The van der Waals surface area contributed by atoms with Gasteiger partial charge in [0.2, 0.25) is 0 Å². The number of aryl methyl sites for hydroxylation is 1.